The molecule has 12 heteroatoms. The average molecular weight is 452 g/mol. The average Bonchev–Trinajstić information content (AvgIpc) is 2.69. The first-order valence-corrected chi connectivity index (χ1v) is 10.1. The maximum atomic E-state index is 13.3. The SMILES string of the molecule is O=C(c1ccc(C(F)(F)F)nc1)N1CCN(S(=O)(=O)c2ccc(F)c(Cl)c2)CC1. The lowest BCUT2D eigenvalue weighted by Gasteiger charge is -2.34. The number of amides is 1. The molecule has 6 nitrogen and oxygen atoms in total. The van der Waals surface area contributed by atoms with Gasteiger partial charge in [-0.25, -0.2) is 12.8 Å². The van der Waals surface area contributed by atoms with E-state index in [4.69, 9.17) is 11.6 Å². The molecule has 0 radical (unpaired) electrons. The van der Waals surface area contributed by atoms with Gasteiger partial charge in [0.25, 0.3) is 5.91 Å². The van der Waals surface area contributed by atoms with E-state index >= 15 is 0 Å². The molecular weight excluding hydrogens is 438 g/mol. The number of benzene rings is 1. The molecule has 0 aliphatic carbocycles. The highest BCUT2D eigenvalue weighted by Gasteiger charge is 2.33. The van der Waals surface area contributed by atoms with Crippen LogP contribution in [0, 0.1) is 5.82 Å². The Labute approximate surface area is 168 Å². The first kappa shape index (κ1) is 21.5. The Kier molecular flexibility index (Phi) is 5.84. The molecule has 1 aromatic carbocycles. The molecule has 1 aliphatic heterocycles. The summed E-state index contributed by atoms with van der Waals surface area (Å²) in [6, 6.07) is 4.81. The molecule has 1 aliphatic rings. The smallest absolute Gasteiger partial charge is 0.336 e. The van der Waals surface area contributed by atoms with E-state index in [1.807, 2.05) is 0 Å². The Hall–Kier alpha value is -2.24. The van der Waals surface area contributed by atoms with Gasteiger partial charge in [0.05, 0.1) is 15.5 Å². The first-order valence-electron chi connectivity index (χ1n) is 8.28. The minimum absolute atomic E-state index is 0.0281. The Morgan fingerprint density at radius 1 is 1.07 bits per heavy atom. The van der Waals surface area contributed by atoms with Gasteiger partial charge in [0.15, 0.2) is 0 Å². The maximum absolute atomic E-state index is 13.3. The molecule has 2 aromatic rings. The van der Waals surface area contributed by atoms with Crippen molar-refractivity contribution in [2.24, 2.45) is 0 Å². The Morgan fingerprint density at radius 2 is 1.72 bits per heavy atom. The lowest BCUT2D eigenvalue weighted by molar-refractivity contribution is -0.141. The van der Waals surface area contributed by atoms with Crippen LogP contribution in [0.25, 0.3) is 0 Å². The van der Waals surface area contributed by atoms with Crippen molar-refractivity contribution < 1.29 is 30.8 Å². The highest BCUT2D eigenvalue weighted by molar-refractivity contribution is 7.89. The van der Waals surface area contributed by atoms with Gasteiger partial charge in [-0.2, -0.15) is 17.5 Å². The number of carbonyl (C=O) groups excluding carboxylic acids is 1. The van der Waals surface area contributed by atoms with Crippen LogP contribution in [0.5, 0.6) is 0 Å². The van der Waals surface area contributed by atoms with Crippen LogP contribution in [0.4, 0.5) is 17.6 Å². The molecule has 0 atom stereocenters. The van der Waals surface area contributed by atoms with E-state index < -0.39 is 33.6 Å². The van der Waals surface area contributed by atoms with Crippen molar-refractivity contribution in [3.8, 4) is 0 Å². The maximum Gasteiger partial charge on any atom is 0.433 e. The Bertz CT molecular complexity index is 1020. The van der Waals surface area contributed by atoms with Gasteiger partial charge in [-0.1, -0.05) is 11.6 Å². The fourth-order valence-corrected chi connectivity index (χ4v) is 4.48. The van der Waals surface area contributed by atoms with E-state index in [-0.39, 0.29) is 41.7 Å². The van der Waals surface area contributed by atoms with Gasteiger partial charge in [0.1, 0.15) is 11.5 Å². The topological polar surface area (TPSA) is 70.6 Å². The van der Waals surface area contributed by atoms with Crippen LogP contribution in [-0.4, -0.2) is 54.7 Å². The van der Waals surface area contributed by atoms with Crippen LogP contribution in [0.2, 0.25) is 5.02 Å². The predicted molar refractivity (Wildman–Crippen MR) is 95.3 cm³/mol. The molecule has 2 heterocycles. The Morgan fingerprint density at radius 3 is 2.24 bits per heavy atom. The molecule has 3 rings (SSSR count). The summed E-state index contributed by atoms with van der Waals surface area (Å²) in [4.78, 5) is 16.9. The second kappa shape index (κ2) is 7.88. The zero-order chi connectivity index (χ0) is 21.4. The standard InChI is InChI=1S/C17H14ClF4N3O3S/c18-13-9-12(2-3-14(13)19)29(27,28)25-7-5-24(6-8-25)16(26)11-1-4-15(23-10-11)17(20,21)22/h1-4,9-10H,5-8H2. The molecule has 0 spiro atoms. The van der Waals surface area contributed by atoms with E-state index in [1.165, 1.54) is 4.90 Å². The number of hydrogen-bond donors (Lipinski definition) is 0. The molecule has 156 valence electrons. The molecule has 1 aromatic heterocycles. The Balaban J connectivity index is 1.68. The predicted octanol–water partition coefficient (Wildman–Crippen LogP) is 3.04. The van der Waals surface area contributed by atoms with Crippen molar-refractivity contribution in [2.75, 3.05) is 26.2 Å². The second-order valence-corrected chi connectivity index (χ2v) is 8.55. The molecule has 0 unspecified atom stereocenters. The van der Waals surface area contributed by atoms with Gasteiger partial charge >= 0.3 is 6.18 Å². The number of sulfonamides is 1. The van der Waals surface area contributed by atoms with Crippen LogP contribution in [-0.2, 0) is 16.2 Å². The summed E-state index contributed by atoms with van der Waals surface area (Å²) in [6.45, 7) is 0.0102. The summed E-state index contributed by atoms with van der Waals surface area (Å²) in [5.41, 5.74) is -1.14. The van der Waals surface area contributed by atoms with E-state index in [9.17, 15) is 30.8 Å². The van der Waals surface area contributed by atoms with E-state index in [1.54, 1.807) is 0 Å². The summed E-state index contributed by atoms with van der Waals surface area (Å²) < 4.78 is 77.4. The molecule has 1 fully saturated rings. The first-order chi connectivity index (χ1) is 13.5. The quantitative estimate of drug-likeness (QED) is 0.673. The van der Waals surface area contributed by atoms with Crippen molar-refractivity contribution in [1.29, 1.82) is 0 Å². The van der Waals surface area contributed by atoms with Crippen molar-refractivity contribution in [2.45, 2.75) is 11.1 Å². The monoisotopic (exact) mass is 451 g/mol. The number of aromatic nitrogens is 1. The van der Waals surface area contributed by atoms with E-state index in [2.05, 4.69) is 4.98 Å². The highest BCUT2D eigenvalue weighted by atomic mass is 35.5. The number of carbonyl (C=O) groups is 1. The molecule has 0 saturated carbocycles. The van der Waals surface area contributed by atoms with Crippen LogP contribution in [0.1, 0.15) is 16.1 Å². The molecule has 1 saturated heterocycles. The molecule has 29 heavy (non-hydrogen) atoms. The van der Waals surface area contributed by atoms with Crippen LogP contribution >= 0.6 is 11.6 Å². The summed E-state index contributed by atoms with van der Waals surface area (Å²) in [5.74, 6) is -1.29. The van der Waals surface area contributed by atoms with Gasteiger partial charge in [0, 0.05) is 32.4 Å². The number of halogens is 5. The third kappa shape index (κ3) is 4.51. The largest absolute Gasteiger partial charge is 0.433 e. The zero-order valence-corrected chi connectivity index (χ0v) is 16.2. The molecular formula is C17H14ClF4N3O3S. The number of pyridine rings is 1. The van der Waals surface area contributed by atoms with E-state index in [0.29, 0.717) is 6.07 Å². The van der Waals surface area contributed by atoms with Gasteiger partial charge in [-0.15, -0.1) is 0 Å². The van der Waals surface area contributed by atoms with Crippen LogP contribution < -0.4 is 0 Å². The number of hydrogen-bond acceptors (Lipinski definition) is 4. The minimum Gasteiger partial charge on any atom is -0.336 e. The fraction of sp³-hybridized carbons (Fsp3) is 0.294. The lowest BCUT2D eigenvalue weighted by atomic mass is 10.2. The van der Waals surface area contributed by atoms with Crippen LogP contribution in [0.15, 0.2) is 41.4 Å². The summed E-state index contributed by atoms with van der Waals surface area (Å²) >= 11 is 5.64. The zero-order valence-electron chi connectivity index (χ0n) is 14.7. The fourth-order valence-electron chi connectivity index (χ4n) is 2.79. The number of alkyl halides is 3. The van der Waals surface area contributed by atoms with Crippen molar-refractivity contribution in [3.63, 3.8) is 0 Å². The lowest BCUT2D eigenvalue weighted by Crippen LogP contribution is -2.50. The van der Waals surface area contributed by atoms with Gasteiger partial charge in [-0.3, -0.25) is 9.78 Å². The summed E-state index contributed by atoms with van der Waals surface area (Å²) in [5, 5.41) is -0.324. The van der Waals surface area contributed by atoms with E-state index in [0.717, 1.165) is 34.8 Å². The van der Waals surface area contributed by atoms with Crippen molar-refractivity contribution in [3.05, 3.63) is 58.6 Å². The number of piperazine rings is 1. The van der Waals surface area contributed by atoms with Crippen LogP contribution in [0.3, 0.4) is 0 Å². The van der Waals surface area contributed by atoms with Gasteiger partial charge < -0.3 is 4.90 Å². The summed E-state index contributed by atoms with van der Waals surface area (Å²) in [6.07, 6.45) is -3.76. The van der Waals surface area contributed by atoms with Crippen molar-refractivity contribution in [1.82, 2.24) is 14.2 Å². The second-order valence-electron chi connectivity index (χ2n) is 6.20. The summed E-state index contributed by atoms with van der Waals surface area (Å²) in [7, 11) is -3.93. The van der Waals surface area contributed by atoms with Gasteiger partial charge in [0.2, 0.25) is 10.0 Å². The number of rotatable bonds is 3. The third-order valence-corrected chi connectivity index (χ3v) is 6.54. The molecule has 0 bridgehead atoms. The molecule has 0 N–H and O–H groups in total. The molecule has 1 amide bonds. The van der Waals surface area contributed by atoms with Gasteiger partial charge in [-0.05, 0) is 30.3 Å². The third-order valence-electron chi connectivity index (χ3n) is 4.36. The van der Waals surface area contributed by atoms with Crippen molar-refractivity contribution >= 4 is 27.5 Å². The highest BCUT2D eigenvalue weighted by Crippen LogP contribution is 2.27. The minimum atomic E-state index is -4.61. The number of nitrogens with zero attached hydrogens (tertiary/aromatic N) is 3. The normalized spacial score (nSPS) is 16.1.